The average molecular weight is 241 g/mol. The lowest BCUT2D eigenvalue weighted by atomic mass is 10.2. The van der Waals surface area contributed by atoms with Gasteiger partial charge in [0.25, 0.3) is 0 Å². The fourth-order valence-electron chi connectivity index (χ4n) is 1.76. The summed E-state index contributed by atoms with van der Waals surface area (Å²) in [5.74, 6) is 0.669. The zero-order chi connectivity index (χ0) is 11.5. The molecule has 2 heterocycles. The van der Waals surface area contributed by atoms with E-state index in [1.807, 2.05) is 12.1 Å². The molecule has 1 aliphatic rings. The molecule has 1 saturated heterocycles. The number of rotatable bonds is 3. The number of hydrogen-bond donors (Lipinski definition) is 0. The van der Waals surface area contributed by atoms with Gasteiger partial charge in [0, 0.05) is 31.8 Å². The lowest BCUT2D eigenvalue weighted by molar-refractivity contribution is -0.128. The van der Waals surface area contributed by atoms with E-state index in [2.05, 4.69) is 4.98 Å². The molecule has 0 bridgehead atoms. The number of nitrogens with zero attached hydrogens (tertiary/aromatic N) is 2. The summed E-state index contributed by atoms with van der Waals surface area (Å²) in [5.41, 5.74) is 1.01. The molecule has 86 valence electrons. The predicted octanol–water partition coefficient (Wildman–Crippen LogP) is 1.43. The highest BCUT2D eigenvalue weighted by Crippen LogP contribution is 2.19. The topological polar surface area (TPSA) is 42.4 Å². The van der Waals surface area contributed by atoms with Gasteiger partial charge in [-0.05, 0) is 11.6 Å². The number of methoxy groups -OCH3 is 1. The number of aromatic nitrogens is 1. The second-order valence-electron chi connectivity index (χ2n) is 3.78. The van der Waals surface area contributed by atoms with Crippen LogP contribution in [0.5, 0.6) is 5.88 Å². The van der Waals surface area contributed by atoms with Crippen LogP contribution in [0, 0.1) is 0 Å². The SMILES string of the molecule is COc1cc(CN2CC(Cl)CC2=O)ccn1. The Morgan fingerprint density at radius 2 is 2.50 bits per heavy atom. The van der Waals surface area contributed by atoms with Crippen molar-refractivity contribution in [3.8, 4) is 5.88 Å². The van der Waals surface area contributed by atoms with Crippen LogP contribution >= 0.6 is 11.6 Å². The Bertz CT molecular complexity index is 397. The van der Waals surface area contributed by atoms with E-state index in [-0.39, 0.29) is 11.3 Å². The molecule has 0 aliphatic carbocycles. The van der Waals surface area contributed by atoms with Crippen molar-refractivity contribution in [2.45, 2.75) is 18.3 Å². The van der Waals surface area contributed by atoms with Crippen LogP contribution in [0.1, 0.15) is 12.0 Å². The first-order valence-corrected chi connectivity index (χ1v) is 5.53. The number of amides is 1. The molecule has 0 aromatic carbocycles. The second-order valence-corrected chi connectivity index (χ2v) is 4.40. The van der Waals surface area contributed by atoms with Crippen LogP contribution in [0.4, 0.5) is 0 Å². The monoisotopic (exact) mass is 240 g/mol. The predicted molar refractivity (Wildman–Crippen MR) is 60.5 cm³/mol. The fraction of sp³-hybridized carbons (Fsp3) is 0.455. The summed E-state index contributed by atoms with van der Waals surface area (Å²) in [4.78, 5) is 17.3. The van der Waals surface area contributed by atoms with E-state index in [1.165, 1.54) is 0 Å². The maximum Gasteiger partial charge on any atom is 0.224 e. The molecule has 1 aromatic rings. The third-order valence-corrected chi connectivity index (χ3v) is 2.84. The lowest BCUT2D eigenvalue weighted by Gasteiger charge is -2.15. The van der Waals surface area contributed by atoms with Crippen molar-refractivity contribution in [1.82, 2.24) is 9.88 Å². The lowest BCUT2D eigenvalue weighted by Crippen LogP contribution is -2.24. The molecule has 2 rings (SSSR count). The van der Waals surface area contributed by atoms with Crippen LogP contribution in [-0.2, 0) is 11.3 Å². The molecule has 0 spiro atoms. The Kier molecular flexibility index (Phi) is 3.29. The summed E-state index contributed by atoms with van der Waals surface area (Å²) in [6, 6.07) is 3.70. The molecule has 5 heteroatoms. The number of halogens is 1. The summed E-state index contributed by atoms with van der Waals surface area (Å²) in [5, 5.41) is -0.0590. The highest BCUT2D eigenvalue weighted by molar-refractivity contribution is 6.22. The van der Waals surface area contributed by atoms with E-state index in [4.69, 9.17) is 16.3 Å². The Labute approximate surface area is 99.2 Å². The molecule has 1 fully saturated rings. The van der Waals surface area contributed by atoms with E-state index in [0.717, 1.165) is 5.56 Å². The van der Waals surface area contributed by atoms with Crippen LogP contribution in [0.25, 0.3) is 0 Å². The van der Waals surface area contributed by atoms with Gasteiger partial charge >= 0.3 is 0 Å². The van der Waals surface area contributed by atoms with Gasteiger partial charge in [-0.3, -0.25) is 4.79 Å². The van der Waals surface area contributed by atoms with Gasteiger partial charge in [0.1, 0.15) is 0 Å². The van der Waals surface area contributed by atoms with Crippen molar-refractivity contribution in [2.24, 2.45) is 0 Å². The number of carbonyl (C=O) groups is 1. The van der Waals surface area contributed by atoms with Crippen LogP contribution in [0.15, 0.2) is 18.3 Å². The maximum absolute atomic E-state index is 11.5. The van der Waals surface area contributed by atoms with E-state index in [0.29, 0.717) is 25.4 Å². The first kappa shape index (κ1) is 11.2. The van der Waals surface area contributed by atoms with Gasteiger partial charge in [-0.2, -0.15) is 0 Å². The van der Waals surface area contributed by atoms with E-state index in [1.54, 1.807) is 18.2 Å². The highest BCUT2D eigenvalue weighted by atomic mass is 35.5. The highest BCUT2D eigenvalue weighted by Gasteiger charge is 2.27. The Hall–Kier alpha value is -1.29. The third-order valence-electron chi connectivity index (χ3n) is 2.55. The van der Waals surface area contributed by atoms with Crippen molar-refractivity contribution >= 4 is 17.5 Å². The first-order chi connectivity index (χ1) is 7.69. The third kappa shape index (κ3) is 2.44. The van der Waals surface area contributed by atoms with Crippen molar-refractivity contribution in [2.75, 3.05) is 13.7 Å². The molecule has 1 amide bonds. The number of alkyl halides is 1. The standard InChI is InChI=1S/C11H13ClN2O2/c1-16-10-4-8(2-3-13-10)6-14-7-9(12)5-11(14)15/h2-4,9H,5-7H2,1H3. The van der Waals surface area contributed by atoms with Crippen molar-refractivity contribution in [3.63, 3.8) is 0 Å². The summed E-state index contributed by atoms with van der Waals surface area (Å²) in [6.45, 7) is 1.19. The molecule has 1 unspecified atom stereocenters. The van der Waals surface area contributed by atoms with Gasteiger partial charge in [-0.25, -0.2) is 4.98 Å². The van der Waals surface area contributed by atoms with Gasteiger partial charge in [-0.1, -0.05) is 0 Å². The van der Waals surface area contributed by atoms with E-state index in [9.17, 15) is 4.79 Å². The summed E-state index contributed by atoms with van der Waals surface area (Å²) < 4.78 is 5.03. The quantitative estimate of drug-likeness (QED) is 0.751. The largest absolute Gasteiger partial charge is 0.481 e. The van der Waals surface area contributed by atoms with Crippen molar-refractivity contribution in [1.29, 1.82) is 0 Å². The van der Waals surface area contributed by atoms with Crippen LogP contribution < -0.4 is 4.74 Å². The molecule has 1 aliphatic heterocycles. The van der Waals surface area contributed by atoms with E-state index < -0.39 is 0 Å². The molecular weight excluding hydrogens is 228 g/mol. The van der Waals surface area contributed by atoms with Gasteiger partial charge in [0.2, 0.25) is 11.8 Å². The number of pyridine rings is 1. The Morgan fingerprint density at radius 3 is 3.12 bits per heavy atom. The van der Waals surface area contributed by atoms with E-state index >= 15 is 0 Å². The minimum Gasteiger partial charge on any atom is -0.481 e. The molecule has 4 nitrogen and oxygen atoms in total. The minimum absolute atomic E-state index is 0.0590. The van der Waals surface area contributed by atoms with Gasteiger partial charge in [0.05, 0.1) is 12.5 Å². The molecule has 0 radical (unpaired) electrons. The zero-order valence-corrected chi connectivity index (χ0v) is 9.78. The molecular formula is C11H13ClN2O2. The van der Waals surface area contributed by atoms with Crippen molar-refractivity contribution < 1.29 is 9.53 Å². The number of carbonyl (C=O) groups excluding carboxylic acids is 1. The molecule has 1 aromatic heterocycles. The summed E-state index contributed by atoms with van der Waals surface area (Å²) in [6.07, 6.45) is 2.11. The number of hydrogen-bond acceptors (Lipinski definition) is 3. The number of likely N-dealkylation sites (tertiary alicyclic amines) is 1. The summed E-state index contributed by atoms with van der Waals surface area (Å²) >= 11 is 5.93. The van der Waals surface area contributed by atoms with Crippen LogP contribution in [0.3, 0.4) is 0 Å². The first-order valence-electron chi connectivity index (χ1n) is 5.10. The Balaban J connectivity index is 2.06. The second kappa shape index (κ2) is 4.70. The zero-order valence-electron chi connectivity index (χ0n) is 9.02. The number of ether oxygens (including phenoxy) is 1. The van der Waals surface area contributed by atoms with Gasteiger partial charge < -0.3 is 9.64 Å². The minimum atomic E-state index is -0.0590. The van der Waals surface area contributed by atoms with Crippen LogP contribution in [-0.4, -0.2) is 34.8 Å². The molecule has 16 heavy (non-hydrogen) atoms. The fourth-order valence-corrected chi connectivity index (χ4v) is 2.06. The van der Waals surface area contributed by atoms with Crippen LogP contribution in [0.2, 0.25) is 0 Å². The van der Waals surface area contributed by atoms with Gasteiger partial charge in [0.15, 0.2) is 0 Å². The smallest absolute Gasteiger partial charge is 0.224 e. The van der Waals surface area contributed by atoms with Gasteiger partial charge in [-0.15, -0.1) is 11.6 Å². The normalized spacial score (nSPS) is 20.2. The molecule has 0 N–H and O–H groups in total. The maximum atomic E-state index is 11.5. The molecule has 1 atom stereocenters. The average Bonchev–Trinajstić information content (AvgIpc) is 2.58. The van der Waals surface area contributed by atoms with Crippen molar-refractivity contribution in [3.05, 3.63) is 23.9 Å². The Morgan fingerprint density at radius 1 is 1.69 bits per heavy atom. The molecule has 0 saturated carbocycles. The summed E-state index contributed by atoms with van der Waals surface area (Å²) in [7, 11) is 1.57.